The van der Waals surface area contributed by atoms with E-state index in [-0.39, 0.29) is 12.2 Å². The van der Waals surface area contributed by atoms with Crippen LogP contribution in [0.3, 0.4) is 0 Å². The summed E-state index contributed by atoms with van der Waals surface area (Å²) in [7, 11) is 1.69. The molecule has 0 unspecified atom stereocenters. The number of carbonyl (C=O) groups excluding carboxylic acids is 2. The van der Waals surface area contributed by atoms with Gasteiger partial charge >= 0.3 is 6.15 Å². The Balaban J connectivity index is 0.00000128. The van der Waals surface area contributed by atoms with E-state index in [0.717, 1.165) is 33.8 Å². The summed E-state index contributed by atoms with van der Waals surface area (Å²) >= 11 is 0. The van der Waals surface area contributed by atoms with Crippen LogP contribution in [0.1, 0.15) is 60.2 Å². The molecular weight excluding hydrogens is 566 g/mol. The fraction of sp³-hybridized carbons (Fsp3) is 0.257. The number of hydrogen-bond donors (Lipinski definition) is 1. The third kappa shape index (κ3) is 8.12. The van der Waals surface area contributed by atoms with Crippen molar-refractivity contribution in [2.24, 2.45) is 0 Å². The lowest BCUT2D eigenvalue weighted by atomic mass is 10.0. The molecule has 226 valence electrons. The van der Waals surface area contributed by atoms with Crippen molar-refractivity contribution >= 4 is 12.0 Å². The standard InChI is InChI=1S/C34H33N7O.CO2/c1-42-23-33(26-10-3-2-4-11-26)38-34-19-28(18-31(37-34)27-14-7-9-24(17-27)20-35)32-22-41(40-39-32)21-29-15-8-16-30(36-29)25-12-5-6-13-25;2-1-3/h2-4,7-11,14-19,22,25,33H,5-6,12-13,21,23H2,1H3,(H,37,38);/t33-;/m1./s1. The largest absolute Gasteiger partial charge is 0.382 e. The van der Waals surface area contributed by atoms with Gasteiger partial charge in [-0.2, -0.15) is 14.9 Å². The van der Waals surface area contributed by atoms with Crippen LogP contribution in [0, 0.1) is 11.3 Å². The molecule has 1 N–H and O–H groups in total. The molecule has 45 heavy (non-hydrogen) atoms. The minimum absolute atomic E-state index is 0.105. The van der Waals surface area contributed by atoms with Crippen LogP contribution in [0.25, 0.3) is 22.5 Å². The third-order valence-electron chi connectivity index (χ3n) is 7.73. The van der Waals surface area contributed by atoms with Crippen molar-refractivity contribution in [3.63, 3.8) is 0 Å². The second-order valence-electron chi connectivity index (χ2n) is 10.8. The number of nitrogens with one attached hydrogen (secondary N) is 1. The Labute approximate surface area is 261 Å². The van der Waals surface area contributed by atoms with Crippen LogP contribution >= 0.6 is 0 Å². The van der Waals surface area contributed by atoms with Crippen LogP contribution in [-0.4, -0.2) is 44.8 Å². The second kappa shape index (κ2) is 15.3. The zero-order valence-electron chi connectivity index (χ0n) is 25.0. The van der Waals surface area contributed by atoms with Gasteiger partial charge in [0.25, 0.3) is 0 Å². The number of aromatic nitrogens is 5. The SMILES string of the molecule is COC[C@@H](Nc1cc(-c2cn(Cc3cccc(C4CCCC4)n3)nn2)cc(-c2cccc(C#N)c2)n1)c1ccccc1.O=C=O. The fourth-order valence-electron chi connectivity index (χ4n) is 5.61. The van der Waals surface area contributed by atoms with Crippen molar-refractivity contribution in [3.8, 4) is 28.6 Å². The number of methoxy groups -OCH3 is 1. The predicted molar refractivity (Wildman–Crippen MR) is 168 cm³/mol. The van der Waals surface area contributed by atoms with Gasteiger partial charge in [0.15, 0.2) is 0 Å². The van der Waals surface area contributed by atoms with Crippen molar-refractivity contribution in [2.75, 3.05) is 19.0 Å². The van der Waals surface area contributed by atoms with Crippen LogP contribution < -0.4 is 5.32 Å². The van der Waals surface area contributed by atoms with Crippen molar-refractivity contribution < 1.29 is 14.3 Å². The van der Waals surface area contributed by atoms with Gasteiger partial charge in [0.1, 0.15) is 11.5 Å². The first-order valence-electron chi connectivity index (χ1n) is 14.8. The van der Waals surface area contributed by atoms with E-state index in [1.54, 1.807) is 13.2 Å². The number of ether oxygens (including phenoxy) is 1. The van der Waals surface area contributed by atoms with E-state index < -0.39 is 0 Å². The Morgan fingerprint density at radius 1 is 0.933 bits per heavy atom. The maximum absolute atomic E-state index is 9.48. The normalized spacial score (nSPS) is 13.2. The molecule has 1 aliphatic carbocycles. The summed E-state index contributed by atoms with van der Waals surface area (Å²) in [6, 6.07) is 30.0. The molecule has 6 rings (SSSR count). The molecule has 10 nitrogen and oxygen atoms in total. The smallest absolute Gasteiger partial charge is 0.373 e. The van der Waals surface area contributed by atoms with Crippen LogP contribution in [0.4, 0.5) is 5.82 Å². The van der Waals surface area contributed by atoms with E-state index in [1.807, 2.05) is 65.5 Å². The summed E-state index contributed by atoms with van der Waals surface area (Å²) in [6.07, 6.45) is 7.20. The van der Waals surface area contributed by atoms with Crippen molar-refractivity contribution in [2.45, 2.75) is 44.2 Å². The summed E-state index contributed by atoms with van der Waals surface area (Å²) < 4.78 is 7.36. The summed E-state index contributed by atoms with van der Waals surface area (Å²) in [4.78, 5) is 26.1. The quantitative estimate of drug-likeness (QED) is 0.199. The van der Waals surface area contributed by atoms with Crippen LogP contribution in [-0.2, 0) is 20.9 Å². The molecule has 0 radical (unpaired) electrons. The van der Waals surface area contributed by atoms with E-state index >= 15 is 0 Å². The van der Waals surface area contributed by atoms with E-state index in [9.17, 15) is 5.26 Å². The highest BCUT2D eigenvalue weighted by Gasteiger charge is 2.19. The molecule has 2 aromatic carbocycles. The topological polar surface area (TPSA) is 136 Å². The Bertz CT molecular complexity index is 1790. The average molecular weight is 600 g/mol. The van der Waals surface area contributed by atoms with Crippen molar-refractivity contribution in [1.82, 2.24) is 25.0 Å². The molecule has 1 saturated carbocycles. The Morgan fingerprint density at radius 3 is 2.47 bits per heavy atom. The molecule has 0 amide bonds. The molecular formula is C35H33N7O3. The number of hydrogen-bond acceptors (Lipinski definition) is 9. The molecule has 1 aliphatic rings. The summed E-state index contributed by atoms with van der Waals surface area (Å²) in [5.74, 6) is 1.24. The van der Waals surface area contributed by atoms with Gasteiger partial charge in [0.2, 0.25) is 0 Å². The number of nitriles is 1. The van der Waals surface area contributed by atoms with Crippen LogP contribution in [0.2, 0.25) is 0 Å². The fourth-order valence-corrected chi connectivity index (χ4v) is 5.61. The lowest BCUT2D eigenvalue weighted by Gasteiger charge is -2.20. The predicted octanol–water partition coefficient (Wildman–Crippen LogP) is 6.20. The van der Waals surface area contributed by atoms with E-state index in [4.69, 9.17) is 24.3 Å². The number of benzene rings is 2. The van der Waals surface area contributed by atoms with Gasteiger partial charge in [-0.15, -0.1) is 5.10 Å². The molecule has 0 saturated heterocycles. The Morgan fingerprint density at radius 2 is 1.71 bits per heavy atom. The molecule has 1 atom stereocenters. The highest BCUT2D eigenvalue weighted by atomic mass is 16.5. The molecule has 3 aromatic heterocycles. The van der Waals surface area contributed by atoms with Gasteiger partial charge in [-0.05, 0) is 54.8 Å². The van der Waals surface area contributed by atoms with Crippen molar-refractivity contribution in [3.05, 3.63) is 114 Å². The average Bonchev–Trinajstić information content (AvgIpc) is 3.79. The highest BCUT2D eigenvalue weighted by molar-refractivity contribution is 5.72. The highest BCUT2D eigenvalue weighted by Crippen LogP contribution is 2.33. The first-order chi connectivity index (χ1) is 22.1. The van der Waals surface area contributed by atoms with Crippen molar-refractivity contribution in [1.29, 1.82) is 5.26 Å². The van der Waals surface area contributed by atoms with E-state index in [1.165, 1.54) is 31.4 Å². The zero-order valence-corrected chi connectivity index (χ0v) is 25.0. The van der Waals surface area contributed by atoms with Gasteiger partial charge in [-0.3, -0.25) is 4.98 Å². The monoisotopic (exact) mass is 599 g/mol. The van der Waals surface area contributed by atoms with E-state index in [0.29, 0.717) is 30.5 Å². The summed E-state index contributed by atoms with van der Waals surface area (Å²) in [5.41, 5.74) is 7.02. The molecule has 0 spiro atoms. The zero-order chi connectivity index (χ0) is 31.4. The number of rotatable bonds is 10. The van der Waals surface area contributed by atoms with E-state index in [2.05, 4.69) is 46.0 Å². The maximum atomic E-state index is 9.48. The Kier molecular flexibility index (Phi) is 10.5. The first kappa shape index (κ1) is 31.0. The minimum Gasteiger partial charge on any atom is -0.382 e. The molecule has 0 bridgehead atoms. The lowest BCUT2D eigenvalue weighted by molar-refractivity contribution is -0.191. The lowest BCUT2D eigenvalue weighted by Crippen LogP contribution is -2.17. The Hall–Kier alpha value is -5.49. The minimum atomic E-state index is -0.105. The number of nitrogens with zero attached hydrogens (tertiary/aromatic N) is 6. The first-order valence-corrected chi connectivity index (χ1v) is 14.8. The van der Waals surface area contributed by atoms with Gasteiger partial charge in [0.05, 0.1) is 48.4 Å². The van der Waals surface area contributed by atoms with Gasteiger partial charge in [-0.25, -0.2) is 9.67 Å². The number of pyridine rings is 2. The molecule has 1 fully saturated rings. The van der Waals surface area contributed by atoms with Crippen LogP contribution in [0.15, 0.2) is 91.1 Å². The summed E-state index contributed by atoms with van der Waals surface area (Å²) in [6.45, 7) is 1.02. The molecule has 10 heteroatoms. The maximum Gasteiger partial charge on any atom is 0.373 e. The second-order valence-corrected chi connectivity index (χ2v) is 10.8. The van der Waals surface area contributed by atoms with Gasteiger partial charge in [-0.1, -0.05) is 66.6 Å². The summed E-state index contributed by atoms with van der Waals surface area (Å²) in [5, 5.41) is 22.0. The third-order valence-corrected chi connectivity index (χ3v) is 7.73. The molecule has 3 heterocycles. The molecule has 0 aliphatic heterocycles. The van der Waals surface area contributed by atoms with Crippen LogP contribution in [0.5, 0.6) is 0 Å². The van der Waals surface area contributed by atoms with Gasteiger partial charge in [0, 0.05) is 29.8 Å². The van der Waals surface area contributed by atoms with Gasteiger partial charge < -0.3 is 10.1 Å². The molecule has 5 aromatic rings. The number of anilines is 1.